The first-order chi connectivity index (χ1) is 14.8. The number of nitrogens with zero attached hydrogens (tertiary/aromatic N) is 6. The van der Waals surface area contributed by atoms with E-state index < -0.39 is 5.54 Å². The Morgan fingerprint density at radius 2 is 2.00 bits per heavy atom. The van der Waals surface area contributed by atoms with Crippen LogP contribution in [0.25, 0.3) is 11.0 Å². The molecule has 3 aliphatic heterocycles. The van der Waals surface area contributed by atoms with E-state index in [-0.39, 0.29) is 12.1 Å². The highest BCUT2D eigenvalue weighted by Crippen LogP contribution is 2.37. The third-order valence-electron chi connectivity index (χ3n) is 7.01. The molecule has 31 heavy (non-hydrogen) atoms. The third kappa shape index (κ3) is 3.34. The maximum absolute atomic E-state index is 12.2. The monoisotopic (exact) mass is 448 g/mol. The van der Waals surface area contributed by atoms with E-state index in [4.69, 9.17) is 26.1 Å². The molecule has 10 heteroatoms. The van der Waals surface area contributed by atoms with Gasteiger partial charge in [0.1, 0.15) is 16.2 Å². The van der Waals surface area contributed by atoms with Crippen LogP contribution in [0.1, 0.15) is 20.3 Å². The summed E-state index contributed by atoms with van der Waals surface area (Å²) in [7, 11) is 3.46. The second kappa shape index (κ2) is 7.50. The van der Waals surface area contributed by atoms with Gasteiger partial charge in [0.15, 0.2) is 5.82 Å². The van der Waals surface area contributed by atoms with Crippen molar-refractivity contribution in [3.63, 3.8) is 0 Å². The molecule has 5 heterocycles. The van der Waals surface area contributed by atoms with Crippen LogP contribution in [0.5, 0.6) is 0 Å². The number of hydrogen-bond donors (Lipinski definition) is 0. The number of rotatable bonds is 4. The maximum Gasteiger partial charge on any atom is 0.325 e. The number of anilines is 2. The van der Waals surface area contributed by atoms with Crippen LogP contribution < -0.4 is 9.80 Å². The van der Waals surface area contributed by atoms with Gasteiger partial charge in [0.25, 0.3) is 0 Å². The molecule has 0 amide bonds. The lowest BCUT2D eigenvalue weighted by Crippen LogP contribution is -2.58. The number of fused-ring (bicyclic) bond motifs is 3. The van der Waals surface area contributed by atoms with Gasteiger partial charge in [-0.25, -0.2) is 9.97 Å². The molecular formula is C21H29ClN6O3. The molecule has 0 spiro atoms. The number of aryl methyl sites for hydroxylation is 1. The smallest absolute Gasteiger partial charge is 0.325 e. The highest BCUT2D eigenvalue weighted by molar-refractivity contribution is 6.30. The van der Waals surface area contributed by atoms with Crippen LogP contribution in [0.2, 0.25) is 5.15 Å². The van der Waals surface area contributed by atoms with Crippen LogP contribution in [0.3, 0.4) is 0 Å². The predicted octanol–water partition coefficient (Wildman–Crippen LogP) is 1.67. The Morgan fingerprint density at radius 1 is 1.26 bits per heavy atom. The van der Waals surface area contributed by atoms with E-state index >= 15 is 0 Å². The van der Waals surface area contributed by atoms with Crippen LogP contribution in [-0.2, 0) is 21.3 Å². The van der Waals surface area contributed by atoms with Gasteiger partial charge in [-0.05, 0) is 20.3 Å². The van der Waals surface area contributed by atoms with Gasteiger partial charge in [0.05, 0.1) is 31.4 Å². The van der Waals surface area contributed by atoms with E-state index in [1.807, 2.05) is 27.0 Å². The number of halogens is 1. The number of aromatic nitrogens is 3. The minimum atomic E-state index is -0.644. The number of morpholine rings is 1. The minimum Gasteiger partial charge on any atom is -0.468 e. The van der Waals surface area contributed by atoms with Gasteiger partial charge in [0, 0.05) is 45.8 Å². The van der Waals surface area contributed by atoms with Gasteiger partial charge in [-0.15, -0.1) is 0 Å². The zero-order valence-electron chi connectivity index (χ0n) is 18.5. The number of imidazole rings is 1. The summed E-state index contributed by atoms with van der Waals surface area (Å²) < 4.78 is 12.8. The van der Waals surface area contributed by atoms with E-state index in [9.17, 15) is 4.79 Å². The van der Waals surface area contributed by atoms with E-state index in [0.717, 1.165) is 68.6 Å². The average Bonchev–Trinajstić information content (AvgIpc) is 3.48. The number of carbonyl (C=O) groups is 1. The van der Waals surface area contributed by atoms with Crippen molar-refractivity contribution < 1.29 is 14.3 Å². The van der Waals surface area contributed by atoms with Gasteiger partial charge >= 0.3 is 5.97 Å². The molecule has 5 rings (SSSR count). The number of ether oxygens (including phenoxy) is 2. The van der Waals surface area contributed by atoms with Crippen molar-refractivity contribution in [2.75, 3.05) is 56.2 Å². The van der Waals surface area contributed by atoms with E-state index in [0.29, 0.717) is 11.2 Å². The van der Waals surface area contributed by atoms with Crippen LogP contribution in [0.4, 0.5) is 11.8 Å². The zero-order valence-corrected chi connectivity index (χ0v) is 19.2. The van der Waals surface area contributed by atoms with E-state index in [1.54, 1.807) is 0 Å². The summed E-state index contributed by atoms with van der Waals surface area (Å²) in [6.07, 6.45) is 1.31. The van der Waals surface area contributed by atoms with Crippen LogP contribution >= 0.6 is 11.6 Å². The Bertz CT molecular complexity index is 1020. The Balaban J connectivity index is 1.42. The molecule has 0 N–H and O–H groups in total. The van der Waals surface area contributed by atoms with Crippen molar-refractivity contribution in [1.29, 1.82) is 0 Å². The van der Waals surface area contributed by atoms with Crippen LogP contribution in [0.15, 0.2) is 6.07 Å². The molecule has 168 valence electrons. The topological polar surface area (TPSA) is 76.0 Å². The Morgan fingerprint density at radius 3 is 2.61 bits per heavy atom. The van der Waals surface area contributed by atoms with Crippen molar-refractivity contribution in [2.45, 2.75) is 38.0 Å². The summed E-state index contributed by atoms with van der Waals surface area (Å²) in [5, 5.41) is 0.477. The molecule has 0 aliphatic carbocycles. The van der Waals surface area contributed by atoms with Gasteiger partial charge in [-0.2, -0.15) is 0 Å². The van der Waals surface area contributed by atoms with Gasteiger partial charge in [-0.3, -0.25) is 9.69 Å². The zero-order chi connectivity index (χ0) is 21.9. The van der Waals surface area contributed by atoms with Gasteiger partial charge in [-0.1, -0.05) is 11.6 Å². The number of methoxy groups -OCH3 is 1. The standard InChI is InChI=1S/C21H29ClN6O3/c1-21(2,19(29)30-4)27-7-5-26(6-8-27)20-24-17-15(25(20)3)10-16(22)23-18(17)28-11-14-9-13(28)12-31-14/h10,13-14H,5-9,11-12H2,1-4H3/t13-,14-/m1/s1. The highest BCUT2D eigenvalue weighted by Gasteiger charge is 2.41. The first kappa shape index (κ1) is 20.8. The molecule has 2 aromatic rings. The quantitative estimate of drug-likeness (QED) is 0.516. The lowest BCUT2D eigenvalue weighted by Gasteiger charge is -2.42. The summed E-state index contributed by atoms with van der Waals surface area (Å²) in [5.41, 5.74) is 1.22. The lowest BCUT2D eigenvalue weighted by molar-refractivity contribution is -0.153. The maximum atomic E-state index is 12.2. The SMILES string of the molecule is COC(=O)C(C)(C)N1CCN(c2nc3c(N4C[C@H]5C[C@@H]4CO5)nc(Cl)cc3n2C)CC1. The van der Waals surface area contributed by atoms with Crippen LogP contribution in [-0.4, -0.2) is 89.5 Å². The first-order valence-electron chi connectivity index (χ1n) is 10.8. The molecule has 2 atom stereocenters. The van der Waals surface area contributed by atoms with E-state index in [1.165, 1.54) is 7.11 Å². The Hall–Kier alpha value is -2.10. The summed E-state index contributed by atoms with van der Waals surface area (Å²) in [6, 6.07) is 2.23. The largest absolute Gasteiger partial charge is 0.468 e. The van der Waals surface area contributed by atoms with Crippen molar-refractivity contribution in [1.82, 2.24) is 19.4 Å². The Kier molecular flexibility index (Phi) is 5.02. The van der Waals surface area contributed by atoms with Crippen molar-refractivity contribution in [3.8, 4) is 0 Å². The third-order valence-corrected chi connectivity index (χ3v) is 7.20. The number of piperazine rings is 1. The van der Waals surface area contributed by atoms with Crippen molar-refractivity contribution >= 4 is 40.4 Å². The molecule has 2 aromatic heterocycles. The van der Waals surface area contributed by atoms with Crippen LogP contribution in [0, 0.1) is 0 Å². The molecule has 9 nitrogen and oxygen atoms in total. The molecular weight excluding hydrogens is 420 g/mol. The molecule has 0 saturated carbocycles. The summed E-state index contributed by atoms with van der Waals surface area (Å²) in [4.78, 5) is 28.6. The average molecular weight is 449 g/mol. The molecule has 3 fully saturated rings. The second-order valence-electron chi connectivity index (χ2n) is 9.13. The molecule has 0 unspecified atom stereocenters. The molecule has 3 saturated heterocycles. The van der Waals surface area contributed by atoms with Gasteiger partial charge < -0.3 is 23.8 Å². The number of carbonyl (C=O) groups excluding carboxylic acids is 1. The highest BCUT2D eigenvalue weighted by atomic mass is 35.5. The molecule has 0 aromatic carbocycles. The predicted molar refractivity (Wildman–Crippen MR) is 119 cm³/mol. The lowest BCUT2D eigenvalue weighted by atomic mass is 10.0. The Labute approximate surface area is 186 Å². The van der Waals surface area contributed by atoms with Gasteiger partial charge in [0.2, 0.25) is 5.95 Å². The summed E-state index contributed by atoms with van der Waals surface area (Å²) in [5.74, 6) is 1.54. The van der Waals surface area contributed by atoms with Crippen molar-refractivity contribution in [3.05, 3.63) is 11.2 Å². The van der Waals surface area contributed by atoms with E-state index in [2.05, 4.69) is 24.3 Å². The minimum absolute atomic E-state index is 0.210. The summed E-state index contributed by atoms with van der Waals surface area (Å²) >= 11 is 6.41. The fourth-order valence-corrected chi connectivity index (χ4v) is 5.30. The fourth-order valence-electron chi connectivity index (χ4n) is 5.11. The fraction of sp³-hybridized carbons (Fsp3) is 0.667. The summed E-state index contributed by atoms with van der Waals surface area (Å²) in [6.45, 7) is 8.45. The first-order valence-corrected chi connectivity index (χ1v) is 11.2. The second-order valence-corrected chi connectivity index (χ2v) is 9.52. The number of esters is 1. The van der Waals surface area contributed by atoms with Crippen molar-refractivity contribution in [2.24, 2.45) is 7.05 Å². The molecule has 2 bridgehead atoms. The molecule has 3 aliphatic rings. The normalized spacial score (nSPS) is 24.4. The molecule has 0 radical (unpaired) electrons. The number of pyridine rings is 1. The number of hydrogen-bond acceptors (Lipinski definition) is 8.